The average molecular weight is 548 g/mol. The number of halogens is 2. The molecular formula is C15H10I2N4O3. The Labute approximate surface area is 165 Å². The molecule has 2 aromatic rings. The van der Waals surface area contributed by atoms with Gasteiger partial charge in [-0.15, -0.1) is 6.42 Å². The molecule has 7 nitrogen and oxygen atoms in total. The quantitative estimate of drug-likeness (QED) is 0.196. The number of nitrogens with one attached hydrogen (secondary N) is 1. The molecule has 0 saturated heterocycles. The van der Waals surface area contributed by atoms with Crippen LogP contribution < -0.4 is 10.2 Å². The van der Waals surface area contributed by atoms with E-state index in [0.717, 1.165) is 18.5 Å². The molecule has 0 unspecified atom stereocenters. The summed E-state index contributed by atoms with van der Waals surface area (Å²) in [6, 6.07) is 6.65. The van der Waals surface area contributed by atoms with E-state index in [2.05, 4.69) is 66.6 Å². The van der Waals surface area contributed by atoms with Gasteiger partial charge in [-0.05, 0) is 68.9 Å². The molecule has 0 atom stereocenters. The zero-order chi connectivity index (χ0) is 17.5. The number of hydrazone groups is 1. The lowest BCUT2D eigenvalue weighted by molar-refractivity contribution is -0.385. The van der Waals surface area contributed by atoms with Gasteiger partial charge in [0, 0.05) is 6.07 Å². The summed E-state index contributed by atoms with van der Waals surface area (Å²) < 4.78 is 7.34. The predicted molar refractivity (Wildman–Crippen MR) is 108 cm³/mol. The number of hydrogen-bond donors (Lipinski definition) is 1. The van der Waals surface area contributed by atoms with Crippen LogP contribution >= 0.6 is 45.2 Å². The Morgan fingerprint density at radius 2 is 2.12 bits per heavy atom. The van der Waals surface area contributed by atoms with Gasteiger partial charge >= 0.3 is 0 Å². The summed E-state index contributed by atoms with van der Waals surface area (Å²) in [5.41, 5.74) is 3.51. The Morgan fingerprint density at radius 3 is 2.67 bits per heavy atom. The van der Waals surface area contributed by atoms with Crippen molar-refractivity contribution in [3.63, 3.8) is 0 Å². The van der Waals surface area contributed by atoms with Gasteiger partial charge in [-0.1, -0.05) is 5.92 Å². The van der Waals surface area contributed by atoms with E-state index >= 15 is 0 Å². The first-order valence-corrected chi connectivity index (χ1v) is 8.62. The highest BCUT2D eigenvalue weighted by Crippen LogP contribution is 2.28. The normalized spacial score (nSPS) is 10.4. The molecular weight excluding hydrogens is 538 g/mol. The topological polar surface area (TPSA) is 89.6 Å². The van der Waals surface area contributed by atoms with Gasteiger partial charge in [0.1, 0.15) is 24.4 Å². The number of aromatic nitrogens is 1. The van der Waals surface area contributed by atoms with Crippen molar-refractivity contribution < 1.29 is 9.66 Å². The number of ether oxygens (including phenoxy) is 1. The van der Waals surface area contributed by atoms with Gasteiger partial charge in [0.05, 0.1) is 18.3 Å². The Balaban J connectivity index is 2.06. The molecule has 2 rings (SSSR count). The second kappa shape index (κ2) is 8.78. The van der Waals surface area contributed by atoms with E-state index in [0.29, 0.717) is 5.82 Å². The van der Waals surface area contributed by atoms with Crippen molar-refractivity contribution in [1.82, 2.24) is 4.98 Å². The third-order valence-electron chi connectivity index (χ3n) is 2.67. The van der Waals surface area contributed by atoms with E-state index in [1.54, 1.807) is 6.21 Å². The van der Waals surface area contributed by atoms with Gasteiger partial charge in [-0.3, -0.25) is 15.5 Å². The van der Waals surface area contributed by atoms with Crippen LogP contribution in [0.15, 0.2) is 35.6 Å². The monoisotopic (exact) mass is 548 g/mol. The zero-order valence-electron chi connectivity index (χ0n) is 12.1. The molecule has 122 valence electrons. The second-order valence-corrected chi connectivity index (χ2v) is 6.66. The average Bonchev–Trinajstić information content (AvgIpc) is 2.54. The number of rotatable bonds is 6. The van der Waals surface area contributed by atoms with Crippen LogP contribution in [0, 0.1) is 29.6 Å². The summed E-state index contributed by atoms with van der Waals surface area (Å²) >= 11 is 4.34. The van der Waals surface area contributed by atoms with E-state index in [1.807, 2.05) is 12.1 Å². The fraction of sp³-hybridized carbons (Fsp3) is 0.0667. The maximum atomic E-state index is 10.6. The SMILES string of the molecule is C#CCOc1c(I)cc(/C=N/Nc2ccc([N+](=O)[O-])cn2)cc1I. The first-order chi connectivity index (χ1) is 11.5. The van der Waals surface area contributed by atoms with Crippen molar-refractivity contribution >= 4 is 62.9 Å². The number of pyridine rings is 1. The molecule has 0 fully saturated rings. The molecule has 1 heterocycles. The molecule has 0 bridgehead atoms. The second-order valence-electron chi connectivity index (χ2n) is 4.34. The highest BCUT2D eigenvalue weighted by Gasteiger charge is 2.08. The minimum absolute atomic E-state index is 0.0730. The van der Waals surface area contributed by atoms with Crippen molar-refractivity contribution in [1.29, 1.82) is 0 Å². The van der Waals surface area contributed by atoms with Gasteiger partial charge in [-0.2, -0.15) is 5.10 Å². The minimum Gasteiger partial charge on any atom is -0.479 e. The predicted octanol–water partition coefficient (Wildman–Crippen LogP) is 3.66. The number of anilines is 1. The Hall–Kier alpha value is -1.94. The summed E-state index contributed by atoms with van der Waals surface area (Å²) in [7, 11) is 0. The lowest BCUT2D eigenvalue weighted by atomic mass is 10.2. The Kier molecular flexibility index (Phi) is 6.73. The van der Waals surface area contributed by atoms with Crippen LogP contribution in [0.4, 0.5) is 11.5 Å². The van der Waals surface area contributed by atoms with Crippen LogP contribution in [0.25, 0.3) is 0 Å². The molecule has 0 aliphatic heterocycles. The summed E-state index contributed by atoms with van der Waals surface area (Å²) in [5, 5.41) is 14.6. The van der Waals surface area contributed by atoms with E-state index in [9.17, 15) is 10.1 Å². The molecule has 0 saturated carbocycles. The van der Waals surface area contributed by atoms with Gasteiger partial charge in [0.2, 0.25) is 0 Å². The Bertz CT molecular complexity index is 793. The van der Waals surface area contributed by atoms with Crippen LogP contribution in [-0.2, 0) is 0 Å². The van der Waals surface area contributed by atoms with Crippen LogP contribution in [0.1, 0.15) is 5.56 Å². The number of hydrogen-bond acceptors (Lipinski definition) is 6. The molecule has 1 aromatic carbocycles. The largest absolute Gasteiger partial charge is 0.479 e. The van der Waals surface area contributed by atoms with Crippen molar-refractivity contribution in [2.45, 2.75) is 0 Å². The maximum Gasteiger partial charge on any atom is 0.287 e. The first kappa shape index (κ1) is 18.4. The third-order valence-corrected chi connectivity index (χ3v) is 4.27. The Morgan fingerprint density at radius 1 is 1.42 bits per heavy atom. The molecule has 24 heavy (non-hydrogen) atoms. The molecule has 0 aliphatic carbocycles. The van der Waals surface area contributed by atoms with Crippen LogP contribution in [0.5, 0.6) is 5.75 Å². The molecule has 0 spiro atoms. The molecule has 0 aliphatic rings. The van der Waals surface area contributed by atoms with Gasteiger partial charge < -0.3 is 4.74 Å². The van der Waals surface area contributed by atoms with Crippen molar-refractivity contribution in [2.75, 3.05) is 12.0 Å². The van der Waals surface area contributed by atoms with Gasteiger partial charge in [0.25, 0.3) is 5.69 Å². The van der Waals surface area contributed by atoms with Crippen molar-refractivity contribution in [2.24, 2.45) is 5.10 Å². The summed E-state index contributed by atoms with van der Waals surface area (Å²) in [5.74, 6) is 3.59. The summed E-state index contributed by atoms with van der Waals surface area (Å²) in [4.78, 5) is 14.0. The standard InChI is InChI=1S/C15H10I2N4O3/c1-2-5-24-15-12(16)6-10(7-13(15)17)8-19-20-14-4-3-11(9-18-14)21(22)23/h1,3-4,6-9H,5H2,(H,18,20)/b19-8+. The molecule has 1 aromatic heterocycles. The lowest BCUT2D eigenvalue weighted by Gasteiger charge is -2.08. The van der Waals surface area contributed by atoms with E-state index in [1.165, 1.54) is 18.3 Å². The maximum absolute atomic E-state index is 10.6. The number of nitro groups is 1. The van der Waals surface area contributed by atoms with Gasteiger partial charge in [-0.25, -0.2) is 4.98 Å². The smallest absolute Gasteiger partial charge is 0.287 e. The highest BCUT2D eigenvalue weighted by molar-refractivity contribution is 14.1. The van der Waals surface area contributed by atoms with Crippen molar-refractivity contribution in [3.8, 4) is 18.1 Å². The van der Waals surface area contributed by atoms with E-state index in [4.69, 9.17) is 11.2 Å². The van der Waals surface area contributed by atoms with E-state index in [-0.39, 0.29) is 12.3 Å². The van der Waals surface area contributed by atoms with Gasteiger partial charge in [0.15, 0.2) is 0 Å². The number of terminal acetylenes is 1. The summed E-state index contributed by atoms with van der Waals surface area (Å²) in [6.45, 7) is 0.215. The number of nitrogens with zero attached hydrogens (tertiary/aromatic N) is 3. The number of benzene rings is 1. The van der Waals surface area contributed by atoms with Crippen LogP contribution in [0.2, 0.25) is 0 Å². The molecule has 9 heteroatoms. The van der Waals surface area contributed by atoms with E-state index < -0.39 is 4.92 Å². The lowest BCUT2D eigenvalue weighted by Crippen LogP contribution is -2.00. The molecule has 0 amide bonds. The molecule has 1 N–H and O–H groups in total. The summed E-state index contributed by atoms with van der Waals surface area (Å²) in [6.07, 6.45) is 7.99. The first-order valence-electron chi connectivity index (χ1n) is 6.46. The molecule has 0 radical (unpaired) electrons. The minimum atomic E-state index is -0.506. The van der Waals surface area contributed by atoms with Crippen LogP contribution in [-0.4, -0.2) is 22.7 Å². The highest BCUT2D eigenvalue weighted by atomic mass is 127. The van der Waals surface area contributed by atoms with Crippen molar-refractivity contribution in [3.05, 3.63) is 53.3 Å². The van der Waals surface area contributed by atoms with Crippen LogP contribution in [0.3, 0.4) is 0 Å². The fourth-order valence-corrected chi connectivity index (χ4v) is 3.77. The zero-order valence-corrected chi connectivity index (χ0v) is 16.4. The fourth-order valence-electron chi connectivity index (χ4n) is 1.64. The third kappa shape index (κ3) is 5.03.